The molecule has 18 heavy (non-hydrogen) atoms. The molecule has 1 saturated heterocycles. The Labute approximate surface area is 111 Å². The van der Waals surface area contributed by atoms with E-state index in [1.165, 1.54) is 0 Å². The molecule has 101 valence electrons. The SMILES string of the molecule is O=c1ccn([C@@H]2O[C@H](CO)[C@@H](O)[C@H]2O)c(=O)[nH]1.[Mn]. The number of ether oxygens (including phenoxy) is 1. The van der Waals surface area contributed by atoms with Crippen LogP contribution in [0.25, 0.3) is 0 Å². The number of hydrogen-bond acceptors (Lipinski definition) is 6. The average molecular weight is 299 g/mol. The summed E-state index contributed by atoms with van der Waals surface area (Å²) in [4.78, 5) is 24.3. The molecule has 2 rings (SSSR count). The molecule has 1 fully saturated rings. The Balaban J connectivity index is 0.00000162. The summed E-state index contributed by atoms with van der Waals surface area (Å²) in [5.41, 5.74) is -1.33. The minimum atomic E-state index is -1.35. The molecule has 1 radical (unpaired) electrons. The van der Waals surface area contributed by atoms with Crippen LogP contribution in [0.2, 0.25) is 0 Å². The summed E-state index contributed by atoms with van der Waals surface area (Å²) in [6.45, 7) is -0.479. The molecule has 0 aliphatic carbocycles. The van der Waals surface area contributed by atoms with Gasteiger partial charge in [0.2, 0.25) is 0 Å². The minimum Gasteiger partial charge on any atom is -0.394 e. The van der Waals surface area contributed by atoms with E-state index in [2.05, 4.69) is 0 Å². The smallest absolute Gasteiger partial charge is 0.330 e. The fourth-order valence-corrected chi connectivity index (χ4v) is 1.74. The number of nitrogens with zero attached hydrogens (tertiary/aromatic N) is 1. The molecule has 0 bridgehead atoms. The van der Waals surface area contributed by atoms with E-state index in [0.717, 1.165) is 16.8 Å². The molecule has 0 saturated carbocycles. The van der Waals surface area contributed by atoms with E-state index in [0.29, 0.717) is 0 Å². The number of aliphatic hydroxyl groups is 3. The molecular weight excluding hydrogens is 287 g/mol. The van der Waals surface area contributed by atoms with Gasteiger partial charge < -0.3 is 20.1 Å². The molecule has 1 aliphatic rings. The van der Waals surface area contributed by atoms with Gasteiger partial charge in [0.25, 0.3) is 5.56 Å². The van der Waals surface area contributed by atoms with Crippen molar-refractivity contribution < 1.29 is 37.1 Å². The third-order valence-electron chi connectivity index (χ3n) is 2.64. The van der Waals surface area contributed by atoms with E-state index < -0.39 is 42.4 Å². The van der Waals surface area contributed by atoms with E-state index in [4.69, 9.17) is 9.84 Å². The van der Waals surface area contributed by atoms with E-state index in [1.54, 1.807) is 0 Å². The quantitative estimate of drug-likeness (QED) is 0.436. The van der Waals surface area contributed by atoms with Gasteiger partial charge in [-0.2, -0.15) is 0 Å². The van der Waals surface area contributed by atoms with Crippen molar-refractivity contribution in [3.63, 3.8) is 0 Å². The number of aromatic nitrogens is 2. The average Bonchev–Trinajstić information content (AvgIpc) is 2.57. The molecule has 1 aromatic rings. The van der Waals surface area contributed by atoms with Crippen LogP contribution in [0.1, 0.15) is 6.23 Å². The van der Waals surface area contributed by atoms with Crippen molar-refractivity contribution in [2.75, 3.05) is 6.61 Å². The second-order valence-corrected chi connectivity index (χ2v) is 3.75. The molecule has 0 amide bonds. The predicted molar refractivity (Wildman–Crippen MR) is 54.3 cm³/mol. The zero-order valence-electron chi connectivity index (χ0n) is 9.06. The summed E-state index contributed by atoms with van der Waals surface area (Å²) in [6, 6.07) is 1.09. The van der Waals surface area contributed by atoms with Crippen LogP contribution in [0.5, 0.6) is 0 Å². The van der Waals surface area contributed by atoms with Crippen molar-refractivity contribution in [3.05, 3.63) is 33.1 Å². The largest absolute Gasteiger partial charge is 0.394 e. The fraction of sp³-hybridized carbons (Fsp3) is 0.556. The normalized spacial score (nSPS) is 31.1. The number of aromatic amines is 1. The van der Waals surface area contributed by atoms with Crippen LogP contribution in [-0.2, 0) is 21.8 Å². The van der Waals surface area contributed by atoms with Crippen LogP contribution in [0.15, 0.2) is 21.9 Å². The second-order valence-electron chi connectivity index (χ2n) is 3.75. The van der Waals surface area contributed by atoms with Crippen molar-refractivity contribution >= 4 is 0 Å². The van der Waals surface area contributed by atoms with Gasteiger partial charge in [-0.1, -0.05) is 0 Å². The second kappa shape index (κ2) is 5.79. The Morgan fingerprint density at radius 3 is 2.50 bits per heavy atom. The first-order valence-electron chi connectivity index (χ1n) is 4.98. The van der Waals surface area contributed by atoms with Crippen molar-refractivity contribution in [2.45, 2.75) is 24.5 Å². The third kappa shape index (κ3) is 2.56. The number of nitrogens with one attached hydrogen (secondary N) is 1. The standard InChI is InChI=1S/C9H12N2O6.Mn/c12-3-4-6(14)7(15)8(17-4)11-2-1-5(13)10-9(11)16;/h1-2,4,6-8,12,14-15H,3H2,(H,10,13,16);/t4-,6-,7-,8-;/m1./s1. The Morgan fingerprint density at radius 2 is 2.00 bits per heavy atom. The van der Waals surface area contributed by atoms with Crippen LogP contribution in [-0.4, -0.2) is 49.8 Å². The van der Waals surface area contributed by atoms with E-state index in [-0.39, 0.29) is 17.1 Å². The summed E-state index contributed by atoms with van der Waals surface area (Å²) >= 11 is 0. The molecule has 0 unspecified atom stereocenters. The van der Waals surface area contributed by atoms with Crippen molar-refractivity contribution in [2.24, 2.45) is 0 Å². The Hall–Kier alpha value is -0.961. The van der Waals surface area contributed by atoms with Gasteiger partial charge in [0.1, 0.15) is 18.3 Å². The minimum absolute atomic E-state index is 0. The van der Waals surface area contributed by atoms with Crippen LogP contribution in [0.3, 0.4) is 0 Å². The topological polar surface area (TPSA) is 125 Å². The van der Waals surface area contributed by atoms with Gasteiger partial charge >= 0.3 is 5.69 Å². The van der Waals surface area contributed by atoms with Crippen molar-refractivity contribution in [1.29, 1.82) is 0 Å². The third-order valence-corrected chi connectivity index (χ3v) is 2.64. The summed E-state index contributed by atoms with van der Waals surface area (Å²) in [6.07, 6.45) is -3.58. The summed E-state index contributed by atoms with van der Waals surface area (Å²) in [5, 5.41) is 28.1. The van der Waals surface area contributed by atoms with Crippen molar-refractivity contribution in [3.8, 4) is 0 Å². The molecule has 1 aliphatic heterocycles. The summed E-state index contributed by atoms with van der Waals surface area (Å²) in [5.74, 6) is 0. The Morgan fingerprint density at radius 1 is 1.33 bits per heavy atom. The van der Waals surface area contributed by atoms with Crippen LogP contribution < -0.4 is 11.2 Å². The first kappa shape index (κ1) is 15.1. The maximum Gasteiger partial charge on any atom is 0.330 e. The fourth-order valence-electron chi connectivity index (χ4n) is 1.74. The molecular formula is C9H12MnN2O6. The summed E-state index contributed by atoms with van der Waals surface area (Å²) < 4.78 is 6.08. The summed E-state index contributed by atoms with van der Waals surface area (Å²) in [7, 11) is 0. The molecule has 8 nitrogen and oxygen atoms in total. The predicted octanol–water partition coefficient (Wildman–Crippen LogP) is -2.85. The van der Waals surface area contributed by atoms with Crippen molar-refractivity contribution in [1.82, 2.24) is 9.55 Å². The number of aliphatic hydroxyl groups excluding tert-OH is 3. The van der Waals surface area contributed by atoms with E-state index in [1.807, 2.05) is 4.98 Å². The molecule has 0 aromatic carbocycles. The molecule has 9 heteroatoms. The molecule has 2 heterocycles. The van der Waals surface area contributed by atoms with Crippen LogP contribution in [0.4, 0.5) is 0 Å². The van der Waals surface area contributed by atoms with E-state index in [9.17, 15) is 19.8 Å². The zero-order valence-corrected chi connectivity index (χ0v) is 10.2. The monoisotopic (exact) mass is 299 g/mol. The molecule has 0 spiro atoms. The number of hydrogen-bond donors (Lipinski definition) is 4. The number of H-pyrrole nitrogens is 1. The molecule has 4 N–H and O–H groups in total. The maximum atomic E-state index is 11.4. The zero-order chi connectivity index (χ0) is 12.6. The van der Waals surface area contributed by atoms with Gasteiger partial charge in [0, 0.05) is 29.3 Å². The number of rotatable bonds is 2. The first-order chi connectivity index (χ1) is 8.04. The van der Waals surface area contributed by atoms with Gasteiger partial charge in [-0.25, -0.2) is 4.79 Å². The maximum absolute atomic E-state index is 11.4. The Kier molecular flexibility index (Phi) is 4.85. The molecule has 4 atom stereocenters. The van der Waals surface area contributed by atoms with Crippen LogP contribution in [0, 0.1) is 0 Å². The van der Waals surface area contributed by atoms with Crippen LogP contribution >= 0.6 is 0 Å². The van der Waals surface area contributed by atoms with Gasteiger partial charge in [0.15, 0.2) is 6.23 Å². The van der Waals surface area contributed by atoms with Gasteiger partial charge in [-0.3, -0.25) is 14.3 Å². The Bertz CT molecular complexity index is 514. The first-order valence-corrected chi connectivity index (χ1v) is 4.98. The van der Waals surface area contributed by atoms with Gasteiger partial charge in [-0.05, 0) is 0 Å². The molecule has 1 aromatic heterocycles. The van der Waals surface area contributed by atoms with Gasteiger partial charge in [0.05, 0.1) is 6.61 Å². The van der Waals surface area contributed by atoms with Gasteiger partial charge in [-0.15, -0.1) is 0 Å². The van der Waals surface area contributed by atoms with E-state index >= 15 is 0 Å².